The summed E-state index contributed by atoms with van der Waals surface area (Å²) in [5, 5.41) is 2.91. The number of nitrogens with one attached hydrogen (secondary N) is 1. The molecule has 1 aromatic rings. The van der Waals surface area contributed by atoms with Crippen LogP contribution in [-0.4, -0.2) is 63.9 Å². The number of piperidine rings is 1. The molecule has 2 saturated heterocycles. The van der Waals surface area contributed by atoms with Crippen LogP contribution in [-0.2, 0) is 24.3 Å². The van der Waals surface area contributed by atoms with Crippen molar-refractivity contribution in [2.24, 2.45) is 17.6 Å². The zero-order valence-corrected chi connectivity index (χ0v) is 20.5. The Morgan fingerprint density at radius 1 is 1.03 bits per heavy atom. The number of hydrogen-bond donors (Lipinski definition) is 2. The zero-order valence-electron chi connectivity index (χ0n) is 19.7. The number of rotatable bonds is 8. The van der Waals surface area contributed by atoms with Gasteiger partial charge in [0.05, 0.1) is 18.9 Å². The second-order valence-corrected chi connectivity index (χ2v) is 11.5. The number of morpholine rings is 1. The number of sulfonamides is 1. The highest BCUT2D eigenvalue weighted by atomic mass is 32.2. The number of nitrogens with zero attached hydrogens (tertiary/aromatic N) is 2. The van der Waals surface area contributed by atoms with Gasteiger partial charge in [0.25, 0.3) is 0 Å². The quantitative estimate of drug-likeness (QED) is 0.574. The van der Waals surface area contributed by atoms with Crippen molar-refractivity contribution in [2.45, 2.75) is 56.3 Å². The van der Waals surface area contributed by atoms with Crippen molar-refractivity contribution in [3.8, 4) is 0 Å². The summed E-state index contributed by atoms with van der Waals surface area (Å²) in [6, 6.07) is 5.11. The average molecular weight is 493 g/mol. The van der Waals surface area contributed by atoms with E-state index in [1.807, 2.05) is 4.90 Å². The summed E-state index contributed by atoms with van der Waals surface area (Å²) in [4.78, 5) is 26.3. The first kappa shape index (κ1) is 24.9. The van der Waals surface area contributed by atoms with E-state index in [0.29, 0.717) is 75.9 Å². The third kappa shape index (κ3) is 5.90. The van der Waals surface area contributed by atoms with Crippen molar-refractivity contribution < 1.29 is 22.7 Å². The van der Waals surface area contributed by atoms with Gasteiger partial charge < -0.3 is 20.7 Å². The maximum atomic E-state index is 13.6. The highest BCUT2D eigenvalue weighted by molar-refractivity contribution is 7.89. The van der Waals surface area contributed by atoms with Crippen molar-refractivity contribution in [3.63, 3.8) is 0 Å². The van der Waals surface area contributed by atoms with Crippen LogP contribution in [0.4, 0.5) is 11.4 Å². The lowest BCUT2D eigenvalue weighted by atomic mass is 9.96. The van der Waals surface area contributed by atoms with Crippen LogP contribution in [0.1, 0.15) is 51.4 Å². The number of ether oxygens (including phenoxy) is 1. The molecule has 2 amide bonds. The molecule has 1 saturated carbocycles. The van der Waals surface area contributed by atoms with Crippen LogP contribution in [0, 0.1) is 11.8 Å². The first-order valence-electron chi connectivity index (χ1n) is 12.4. The summed E-state index contributed by atoms with van der Waals surface area (Å²) < 4.78 is 34.0. The van der Waals surface area contributed by atoms with Gasteiger partial charge in [0.15, 0.2) is 0 Å². The van der Waals surface area contributed by atoms with Gasteiger partial charge in [-0.2, -0.15) is 4.31 Å². The fourth-order valence-corrected chi connectivity index (χ4v) is 6.89. The normalized spacial score (nSPS) is 21.0. The predicted molar refractivity (Wildman–Crippen MR) is 130 cm³/mol. The molecule has 2 heterocycles. The van der Waals surface area contributed by atoms with Crippen LogP contribution in [0.15, 0.2) is 23.1 Å². The maximum absolute atomic E-state index is 13.6. The summed E-state index contributed by atoms with van der Waals surface area (Å²) in [5.41, 5.74) is 6.55. The number of carbonyl (C=O) groups is 2. The van der Waals surface area contributed by atoms with Crippen molar-refractivity contribution in [2.75, 3.05) is 49.6 Å². The van der Waals surface area contributed by atoms with Gasteiger partial charge in [-0.3, -0.25) is 9.59 Å². The first-order valence-corrected chi connectivity index (χ1v) is 13.8. The second-order valence-electron chi connectivity index (χ2n) is 9.60. The summed E-state index contributed by atoms with van der Waals surface area (Å²) in [7, 11) is -3.79. The van der Waals surface area contributed by atoms with Gasteiger partial charge in [-0.1, -0.05) is 25.7 Å². The summed E-state index contributed by atoms with van der Waals surface area (Å²) in [6.45, 7) is 2.40. The summed E-state index contributed by atoms with van der Waals surface area (Å²) in [5.74, 6) is 0.0378. The van der Waals surface area contributed by atoms with Crippen LogP contribution in [0.2, 0.25) is 0 Å². The molecule has 4 rings (SSSR count). The van der Waals surface area contributed by atoms with E-state index < -0.39 is 10.0 Å². The van der Waals surface area contributed by atoms with Crippen LogP contribution < -0.4 is 16.0 Å². The molecule has 10 heteroatoms. The first-order chi connectivity index (χ1) is 16.3. The molecule has 3 N–H and O–H groups in total. The fraction of sp³-hybridized carbons (Fsp3) is 0.667. The molecule has 3 aliphatic rings. The Kier molecular flexibility index (Phi) is 8.10. The second kappa shape index (κ2) is 11.0. The Morgan fingerprint density at radius 2 is 1.71 bits per heavy atom. The molecule has 0 spiro atoms. The number of benzene rings is 1. The van der Waals surface area contributed by atoms with Crippen LogP contribution in [0.3, 0.4) is 0 Å². The van der Waals surface area contributed by atoms with Crippen LogP contribution in [0.5, 0.6) is 0 Å². The molecule has 0 atom stereocenters. The topological polar surface area (TPSA) is 122 Å². The Hall–Kier alpha value is -2.17. The molecular formula is C24H36N4O5S. The molecule has 34 heavy (non-hydrogen) atoms. The fourth-order valence-electron chi connectivity index (χ4n) is 5.25. The van der Waals surface area contributed by atoms with E-state index in [0.717, 1.165) is 6.42 Å². The van der Waals surface area contributed by atoms with E-state index in [1.54, 1.807) is 18.2 Å². The highest BCUT2D eigenvalue weighted by Crippen LogP contribution is 2.34. The standard InChI is InChI=1S/C24H36N4O5S/c25-24(30)19-9-11-27(12-10-19)21-7-6-20(26-23(29)8-5-18-3-1-2-4-18)17-22(21)34(31,32)28-13-15-33-16-14-28/h6-7,17-19H,1-5,8-16H2,(H2,25,30)(H,26,29). The molecule has 188 valence electrons. The average Bonchev–Trinajstić information content (AvgIpc) is 3.37. The number of amides is 2. The monoisotopic (exact) mass is 492 g/mol. The smallest absolute Gasteiger partial charge is 0.245 e. The van der Waals surface area contributed by atoms with Crippen molar-refractivity contribution in [1.29, 1.82) is 0 Å². The van der Waals surface area contributed by atoms with Crippen LogP contribution >= 0.6 is 0 Å². The van der Waals surface area contributed by atoms with Gasteiger partial charge in [-0.25, -0.2) is 8.42 Å². The van der Waals surface area contributed by atoms with Gasteiger partial charge in [-0.15, -0.1) is 0 Å². The van der Waals surface area contributed by atoms with Crippen molar-refractivity contribution in [3.05, 3.63) is 18.2 Å². The third-order valence-electron chi connectivity index (χ3n) is 7.32. The Balaban J connectivity index is 1.54. The number of hydrogen-bond acceptors (Lipinski definition) is 6. The molecule has 0 radical (unpaired) electrons. The minimum atomic E-state index is -3.79. The molecule has 1 aromatic carbocycles. The minimum absolute atomic E-state index is 0.0864. The minimum Gasteiger partial charge on any atom is -0.379 e. The molecule has 3 fully saturated rings. The number of carbonyl (C=O) groups excluding carboxylic acids is 2. The van der Waals surface area contributed by atoms with E-state index in [2.05, 4.69) is 5.32 Å². The lowest BCUT2D eigenvalue weighted by Crippen LogP contribution is -2.42. The zero-order chi connectivity index (χ0) is 24.1. The summed E-state index contributed by atoms with van der Waals surface area (Å²) in [6.07, 6.45) is 7.36. The Morgan fingerprint density at radius 3 is 2.35 bits per heavy atom. The Labute approximate surface area is 202 Å². The van der Waals surface area contributed by atoms with Gasteiger partial charge in [0.2, 0.25) is 21.8 Å². The van der Waals surface area contributed by atoms with E-state index in [1.165, 1.54) is 30.0 Å². The van der Waals surface area contributed by atoms with Gasteiger partial charge >= 0.3 is 0 Å². The molecule has 9 nitrogen and oxygen atoms in total. The van der Waals surface area contributed by atoms with E-state index >= 15 is 0 Å². The van der Waals surface area contributed by atoms with Gasteiger partial charge in [0, 0.05) is 44.2 Å². The molecule has 0 aromatic heterocycles. The SMILES string of the molecule is NC(=O)C1CCN(c2ccc(NC(=O)CCC3CCCC3)cc2S(=O)(=O)N2CCOCC2)CC1. The Bertz CT molecular complexity index is 979. The maximum Gasteiger partial charge on any atom is 0.245 e. The molecule has 2 aliphatic heterocycles. The number of primary amides is 1. The molecule has 1 aliphatic carbocycles. The lowest BCUT2D eigenvalue weighted by molar-refractivity contribution is -0.122. The van der Waals surface area contributed by atoms with Gasteiger partial charge in [-0.05, 0) is 43.4 Å². The largest absolute Gasteiger partial charge is 0.379 e. The van der Waals surface area contributed by atoms with E-state index in [4.69, 9.17) is 10.5 Å². The van der Waals surface area contributed by atoms with E-state index in [9.17, 15) is 18.0 Å². The summed E-state index contributed by atoms with van der Waals surface area (Å²) >= 11 is 0. The lowest BCUT2D eigenvalue weighted by Gasteiger charge is -2.35. The van der Waals surface area contributed by atoms with Crippen molar-refractivity contribution in [1.82, 2.24) is 4.31 Å². The molecule has 0 bridgehead atoms. The van der Waals surface area contributed by atoms with Crippen molar-refractivity contribution >= 4 is 33.2 Å². The molecular weight excluding hydrogens is 456 g/mol. The van der Waals surface area contributed by atoms with E-state index in [-0.39, 0.29) is 22.6 Å². The number of nitrogens with two attached hydrogens (primary N) is 1. The van der Waals surface area contributed by atoms with Gasteiger partial charge in [0.1, 0.15) is 4.90 Å². The van der Waals surface area contributed by atoms with Crippen LogP contribution in [0.25, 0.3) is 0 Å². The third-order valence-corrected chi connectivity index (χ3v) is 9.25. The molecule has 0 unspecified atom stereocenters. The highest BCUT2D eigenvalue weighted by Gasteiger charge is 2.32. The predicted octanol–water partition coefficient (Wildman–Crippen LogP) is 2.32. The number of anilines is 2.